The normalized spacial score (nSPS) is 14.0. The topological polar surface area (TPSA) is 265 Å². The minimum absolute atomic E-state index is 0. The molecular formula is C74H87CoN10O11+. The molecule has 0 saturated heterocycles. The van der Waals surface area contributed by atoms with Crippen LogP contribution in [0.2, 0.25) is 0 Å². The van der Waals surface area contributed by atoms with Crippen LogP contribution >= 0.6 is 0 Å². The fourth-order valence-electron chi connectivity index (χ4n) is 12.3. The van der Waals surface area contributed by atoms with Crippen molar-refractivity contribution in [2.75, 3.05) is 60.6 Å². The van der Waals surface area contributed by atoms with E-state index >= 15 is 0 Å². The third kappa shape index (κ3) is 16.4. The van der Waals surface area contributed by atoms with Gasteiger partial charge in [-0.1, -0.05) is 45.0 Å². The minimum atomic E-state index is -0.588. The Labute approximate surface area is 571 Å². The average Bonchev–Trinajstić information content (AvgIpc) is 0.720. The second kappa shape index (κ2) is 30.6. The molecule has 10 rings (SSSR count). The van der Waals surface area contributed by atoms with Gasteiger partial charge in [0.25, 0.3) is 11.4 Å². The van der Waals surface area contributed by atoms with Crippen molar-refractivity contribution in [3.8, 4) is 34.5 Å². The van der Waals surface area contributed by atoms with Crippen LogP contribution in [0.3, 0.4) is 0 Å². The third-order valence-corrected chi connectivity index (χ3v) is 17.1. The second-order valence-corrected chi connectivity index (χ2v) is 25.6. The fourth-order valence-corrected chi connectivity index (χ4v) is 12.3. The van der Waals surface area contributed by atoms with Crippen molar-refractivity contribution in [2.24, 2.45) is 25.9 Å². The second-order valence-electron chi connectivity index (χ2n) is 25.6. The number of esters is 1. The van der Waals surface area contributed by atoms with E-state index in [2.05, 4.69) is 158 Å². The zero-order valence-electron chi connectivity index (χ0n) is 57.3. The summed E-state index contributed by atoms with van der Waals surface area (Å²) in [6, 6.07) is 33.7. The van der Waals surface area contributed by atoms with Gasteiger partial charge in [-0.2, -0.15) is 0 Å². The van der Waals surface area contributed by atoms with Gasteiger partial charge >= 0.3 is 5.97 Å². The average molecular weight is 1350 g/mol. The monoisotopic (exact) mass is 1350 g/mol. The van der Waals surface area contributed by atoms with E-state index in [1.54, 1.807) is 36.4 Å². The number of azo groups is 2. The first kappa shape index (κ1) is 73.5. The van der Waals surface area contributed by atoms with Gasteiger partial charge in [-0.3, -0.25) is 20.2 Å². The van der Waals surface area contributed by atoms with E-state index in [0.717, 1.165) is 103 Å². The van der Waals surface area contributed by atoms with Crippen molar-refractivity contribution in [2.45, 2.75) is 121 Å². The van der Waals surface area contributed by atoms with E-state index in [4.69, 9.17) is 9.47 Å². The summed E-state index contributed by atoms with van der Waals surface area (Å²) in [6.45, 7) is 37.7. The summed E-state index contributed by atoms with van der Waals surface area (Å²) in [5.74, 6) is 0.717. The van der Waals surface area contributed by atoms with Crippen molar-refractivity contribution < 1.29 is 61.3 Å². The Bertz CT molecular complexity index is 4220. The number of hydrogen-bond acceptors (Lipinski definition) is 18. The summed E-state index contributed by atoms with van der Waals surface area (Å²) in [7, 11) is 0. The van der Waals surface area contributed by atoms with Gasteiger partial charge in [-0.25, -0.2) is 9.37 Å². The first-order chi connectivity index (χ1) is 45.0. The van der Waals surface area contributed by atoms with Gasteiger partial charge in [0.05, 0.1) is 33.6 Å². The molecule has 0 atom stereocenters. The molecule has 0 aliphatic carbocycles. The Balaban J connectivity index is 0.000000224. The summed E-state index contributed by atoms with van der Waals surface area (Å²) in [5, 5.41) is 78.5. The molecule has 0 aromatic heterocycles. The molecule has 0 unspecified atom stereocenters. The van der Waals surface area contributed by atoms with Gasteiger partial charge in [0.15, 0.2) is 5.54 Å². The molecule has 3 aliphatic rings. The number of phenolic OH excluding ortho intramolecular Hbond substituents is 4. The molecule has 0 saturated carbocycles. The number of non-ortho nitro benzene ring substituents is 2. The van der Waals surface area contributed by atoms with Gasteiger partial charge < -0.3 is 44.6 Å². The van der Waals surface area contributed by atoms with Crippen LogP contribution in [0.5, 0.6) is 34.5 Å². The van der Waals surface area contributed by atoms with Crippen LogP contribution < -0.4 is 34.6 Å². The van der Waals surface area contributed by atoms with Crippen LogP contribution in [-0.4, -0.2) is 93.2 Å². The largest absolute Gasteiger partial charge is 0.506 e. The van der Waals surface area contributed by atoms with Gasteiger partial charge in [-0.05, 0) is 158 Å². The van der Waals surface area contributed by atoms with Crippen LogP contribution in [0, 0.1) is 25.6 Å². The van der Waals surface area contributed by atoms with Crippen LogP contribution in [0.25, 0.3) is 16.7 Å². The van der Waals surface area contributed by atoms with Gasteiger partial charge in [-0.15, -0.1) is 20.5 Å². The number of nitro groups is 2. The number of carbonyl (C=O) groups is 1. The number of anilines is 3. The molecule has 7 aromatic carbocycles. The zero-order valence-corrected chi connectivity index (χ0v) is 58.4. The number of allylic oxidation sites excluding steroid dienone is 2. The summed E-state index contributed by atoms with van der Waals surface area (Å²) in [6.07, 6.45) is 5.50. The number of nitro benzene ring substituents is 2. The Kier molecular flexibility index (Phi) is 23.5. The Hall–Kier alpha value is -9.93. The minimum Gasteiger partial charge on any atom is -0.506 e. The van der Waals surface area contributed by atoms with Crippen molar-refractivity contribution >= 4 is 73.9 Å². The maximum Gasteiger partial charge on any atom is 0.338 e. The number of fused-ring (bicyclic) bond motifs is 4. The predicted octanol–water partition coefficient (Wildman–Crippen LogP) is 16.9. The van der Waals surface area contributed by atoms with Crippen LogP contribution in [0.1, 0.15) is 143 Å². The molecule has 0 fully saturated rings. The van der Waals surface area contributed by atoms with E-state index in [1.807, 2.05) is 45.9 Å². The van der Waals surface area contributed by atoms with Crippen LogP contribution in [-0.2, 0) is 21.5 Å². The number of benzene rings is 7. The molecule has 22 heteroatoms. The zero-order chi connectivity index (χ0) is 69.4. The maximum atomic E-state index is 13.8. The number of ether oxygens (including phenoxy) is 2. The molecule has 96 heavy (non-hydrogen) atoms. The predicted molar refractivity (Wildman–Crippen MR) is 376 cm³/mol. The van der Waals surface area contributed by atoms with Gasteiger partial charge in [0.1, 0.15) is 63.8 Å². The Morgan fingerprint density at radius 2 is 1.11 bits per heavy atom. The summed E-state index contributed by atoms with van der Waals surface area (Å²) in [4.78, 5) is 40.7. The SMILES string of the molecule is CCN(CC)c1ccc(N=Nc2cc([N+](=O)[O-])ccc2O)c(O)c1.CCN(CC)c1ccc(N=Nc2cc([N+](=O)[O-])ccc2O)c(O)c1.CCN1c2cc3c(cc2C(C)=CC1(C)C)C(c1ccccc1C(=O)OCCC(C)(C)C)=c1cc2c(cc1O3)=[N+](CC)C(C)(C)C=C2C.[Co]. The third-order valence-electron chi connectivity index (χ3n) is 17.1. The fraction of sp³-hybridized carbons (Fsp3) is 0.351. The molecule has 4 N–H and O–H groups in total. The molecule has 0 bridgehead atoms. The number of hydrogen-bond donors (Lipinski definition) is 4. The van der Waals surface area contributed by atoms with E-state index < -0.39 is 9.85 Å². The molecule has 0 amide bonds. The molecule has 507 valence electrons. The number of phenols is 4. The smallest absolute Gasteiger partial charge is 0.338 e. The number of aromatic hydroxyl groups is 4. The summed E-state index contributed by atoms with van der Waals surface area (Å²) >= 11 is 0. The van der Waals surface area contributed by atoms with Crippen LogP contribution in [0.15, 0.2) is 154 Å². The summed E-state index contributed by atoms with van der Waals surface area (Å²) < 4.78 is 15.3. The Morgan fingerprint density at radius 3 is 1.59 bits per heavy atom. The number of likely N-dealkylation sites (N-methyl/N-ethyl adjacent to an activating group) is 2. The number of carbonyl (C=O) groups excluding carboxylic acids is 1. The molecule has 3 heterocycles. The molecule has 7 aromatic rings. The van der Waals surface area contributed by atoms with Gasteiger partial charge in [0.2, 0.25) is 5.36 Å². The molecular weight excluding hydrogens is 1260 g/mol. The van der Waals surface area contributed by atoms with Gasteiger partial charge in [0, 0.05) is 150 Å². The quantitative estimate of drug-likeness (QED) is 0.0205. The van der Waals surface area contributed by atoms with E-state index in [1.165, 1.54) is 57.6 Å². The van der Waals surface area contributed by atoms with Crippen molar-refractivity contribution in [3.05, 3.63) is 192 Å². The first-order valence-corrected chi connectivity index (χ1v) is 32.1. The van der Waals surface area contributed by atoms with Crippen LogP contribution in [0.4, 0.5) is 51.2 Å². The molecule has 3 aliphatic heterocycles. The van der Waals surface area contributed by atoms with Crippen molar-refractivity contribution in [1.29, 1.82) is 0 Å². The summed E-state index contributed by atoms with van der Waals surface area (Å²) in [5.41, 5.74) is 10.9. The number of nitrogens with zero attached hydrogens (tertiary/aromatic N) is 10. The molecule has 21 nitrogen and oxygen atoms in total. The van der Waals surface area contributed by atoms with E-state index in [-0.39, 0.29) is 96.4 Å². The molecule has 1 radical (unpaired) electrons. The van der Waals surface area contributed by atoms with Crippen molar-refractivity contribution in [3.63, 3.8) is 0 Å². The first-order valence-electron chi connectivity index (χ1n) is 32.1. The van der Waals surface area contributed by atoms with E-state index in [0.29, 0.717) is 12.2 Å². The number of rotatable bonds is 18. The Morgan fingerprint density at radius 1 is 0.604 bits per heavy atom. The van der Waals surface area contributed by atoms with E-state index in [9.17, 15) is 45.4 Å². The maximum absolute atomic E-state index is 13.8. The van der Waals surface area contributed by atoms with Crippen molar-refractivity contribution in [1.82, 2.24) is 4.58 Å². The standard InChI is InChI=1S/C42H51N2O3.2C16H18N4O4.Co/c1-12-43-34-22-36-32(20-30(34)26(3)24-41(43,8)9)38(28-16-14-15-17-29(28)39(45)46-19-18-40(5,6)7)33-21-31-27(4)25-42(10,11)44(13-2)35(31)23-37(33)47-36;2*1-3-19(4-2)11-5-7-13(16(22)10-11)17-18-14-9-12(20(23)24)6-8-15(14)21;/h14-17,20-25H,12-13,18-19H2,1-11H3;2*5-10,21-22H,3-4H2,1-2H3;/q+1;;;. The molecule has 0 spiro atoms.